The summed E-state index contributed by atoms with van der Waals surface area (Å²) in [5, 5.41) is 5.77. The Morgan fingerprint density at radius 1 is 1.24 bits per heavy atom. The summed E-state index contributed by atoms with van der Waals surface area (Å²) in [4.78, 5) is 32.0. The van der Waals surface area contributed by atoms with Crippen molar-refractivity contribution >= 4 is 23.4 Å². The highest BCUT2D eigenvalue weighted by Gasteiger charge is 2.24. The predicted octanol–water partition coefficient (Wildman–Crippen LogP) is 1.05. The van der Waals surface area contributed by atoms with Gasteiger partial charge in [-0.2, -0.15) is 0 Å². The monoisotopic (exact) mass is 347 g/mol. The van der Waals surface area contributed by atoms with E-state index in [4.69, 9.17) is 4.74 Å². The number of amides is 3. The number of aromatic nitrogens is 1. The van der Waals surface area contributed by atoms with E-state index in [2.05, 4.69) is 20.5 Å². The van der Waals surface area contributed by atoms with Crippen molar-refractivity contribution in [1.82, 2.24) is 15.2 Å². The number of likely N-dealkylation sites (tertiary alicyclic amines) is 1. The molecule has 2 saturated heterocycles. The molecule has 25 heavy (non-hydrogen) atoms. The van der Waals surface area contributed by atoms with Gasteiger partial charge in [-0.3, -0.25) is 4.79 Å². The van der Waals surface area contributed by atoms with Gasteiger partial charge in [-0.1, -0.05) is 0 Å². The van der Waals surface area contributed by atoms with Crippen molar-refractivity contribution < 1.29 is 14.3 Å². The van der Waals surface area contributed by atoms with Crippen LogP contribution in [0.25, 0.3) is 0 Å². The van der Waals surface area contributed by atoms with Gasteiger partial charge in [-0.25, -0.2) is 9.78 Å². The van der Waals surface area contributed by atoms with E-state index in [-0.39, 0.29) is 18.0 Å². The second kappa shape index (κ2) is 8.15. The Morgan fingerprint density at radius 3 is 2.72 bits per heavy atom. The van der Waals surface area contributed by atoms with Gasteiger partial charge in [0.15, 0.2) is 0 Å². The summed E-state index contributed by atoms with van der Waals surface area (Å²) in [5.74, 6) is 0.833. The minimum Gasteiger partial charge on any atom is -0.378 e. The maximum absolute atomic E-state index is 12.4. The number of anilines is 2. The number of hydrogen-bond donors (Lipinski definition) is 2. The van der Waals surface area contributed by atoms with Crippen LogP contribution in [0.2, 0.25) is 0 Å². The van der Waals surface area contributed by atoms with Crippen molar-refractivity contribution in [3.05, 3.63) is 18.3 Å². The average Bonchev–Trinajstić information content (AvgIpc) is 2.63. The zero-order chi connectivity index (χ0) is 17.6. The number of nitrogens with zero attached hydrogens (tertiary/aromatic N) is 3. The van der Waals surface area contributed by atoms with Crippen LogP contribution in [0.4, 0.5) is 16.3 Å². The summed E-state index contributed by atoms with van der Waals surface area (Å²) in [6, 6.07) is 3.65. The van der Waals surface area contributed by atoms with Gasteiger partial charge >= 0.3 is 6.03 Å². The van der Waals surface area contributed by atoms with Crippen molar-refractivity contribution in [2.45, 2.75) is 25.8 Å². The van der Waals surface area contributed by atoms with E-state index in [1.165, 1.54) is 6.92 Å². The van der Waals surface area contributed by atoms with Crippen molar-refractivity contribution in [3.63, 3.8) is 0 Å². The van der Waals surface area contributed by atoms with Crippen LogP contribution in [0.15, 0.2) is 18.3 Å². The van der Waals surface area contributed by atoms with Crippen molar-refractivity contribution in [1.29, 1.82) is 0 Å². The Morgan fingerprint density at radius 2 is 2.04 bits per heavy atom. The lowest BCUT2D eigenvalue weighted by atomic mass is 10.1. The van der Waals surface area contributed by atoms with Gasteiger partial charge in [0.25, 0.3) is 0 Å². The average molecular weight is 347 g/mol. The van der Waals surface area contributed by atoms with Gasteiger partial charge in [-0.15, -0.1) is 0 Å². The number of rotatable bonds is 3. The second-order valence-electron chi connectivity index (χ2n) is 6.42. The van der Waals surface area contributed by atoms with Gasteiger partial charge in [0.05, 0.1) is 25.1 Å². The van der Waals surface area contributed by atoms with Crippen LogP contribution in [0, 0.1) is 0 Å². The highest BCUT2D eigenvalue weighted by Crippen LogP contribution is 2.17. The van der Waals surface area contributed by atoms with E-state index in [0.717, 1.165) is 31.7 Å². The zero-order valence-corrected chi connectivity index (χ0v) is 14.5. The van der Waals surface area contributed by atoms with Crippen LogP contribution < -0.4 is 15.5 Å². The number of piperidine rings is 1. The summed E-state index contributed by atoms with van der Waals surface area (Å²) < 4.78 is 5.34. The molecule has 0 spiro atoms. The number of carbonyl (C=O) groups is 2. The van der Waals surface area contributed by atoms with E-state index in [1.54, 1.807) is 11.1 Å². The van der Waals surface area contributed by atoms with E-state index in [9.17, 15) is 9.59 Å². The summed E-state index contributed by atoms with van der Waals surface area (Å²) in [7, 11) is 0. The smallest absolute Gasteiger partial charge is 0.321 e. The number of morpholine rings is 1. The number of carbonyl (C=O) groups excluding carboxylic acids is 2. The number of pyridine rings is 1. The molecule has 2 N–H and O–H groups in total. The summed E-state index contributed by atoms with van der Waals surface area (Å²) >= 11 is 0. The number of hydrogen-bond acceptors (Lipinski definition) is 5. The highest BCUT2D eigenvalue weighted by molar-refractivity contribution is 5.89. The molecular weight excluding hydrogens is 322 g/mol. The molecule has 1 aromatic heterocycles. The molecule has 1 aromatic rings. The Balaban J connectivity index is 1.54. The maximum Gasteiger partial charge on any atom is 0.321 e. The molecule has 3 rings (SSSR count). The third-order valence-electron chi connectivity index (χ3n) is 4.45. The van der Waals surface area contributed by atoms with E-state index in [1.807, 2.05) is 12.1 Å². The molecule has 8 nitrogen and oxygen atoms in total. The van der Waals surface area contributed by atoms with E-state index >= 15 is 0 Å². The molecule has 0 unspecified atom stereocenters. The Hall–Kier alpha value is -2.35. The molecule has 1 atom stereocenters. The minimum absolute atomic E-state index is 0.0267. The van der Waals surface area contributed by atoms with Gasteiger partial charge < -0.3 is 25.2 Å². The number of ether oxygens (including phenoxy) is 1. The second-order valence-corrected chi connectivity index (χ2v) is 6.42. The summed E-state index contributed by atoms with van der Waals surface area (Å²) in [6.45, 7) is 5.82. The van der Waals surface area contributed by atoms with Crippen LogP contribution in [0.3, 0.4) is 0 Å². The number of nitrogens with one attached hydrogen (secondary N) is 2. The van der Waals surface area contributed by atoms with Gasteiger partial charge in [0.1, 0.15) is 5.82 Å². The molecule has 2 fully saturated rings. The van der Waals surface area contributed by atoms with Crippen LogP contribution in [-0.2, 0) is 9.53 Å². The molecule has 136 valence electrons. The Bertz CT molecular complexity index is 601. The Kier molecular flexibility index (Phi) is 5.70. The van der Waals surface area contributed by atoms with Crippen molar-refractivity contribution in [2.75, 3.05) is 49.6 Å². The molecule has 3 heterocycles. The lowest BCUT2D eigenvalue weighted by molar-refractivity contribution is -0.119. The van der Waals surface area contributed by atoms with Crippen LogP contribution >= 0.6 is 0 Å². The molecule has 2 aliphatic heterocycles. The first-order chi connectivity index (χ1) is 12.1. The van der Waals surface area contributed by atoms with E-state index in [0.29, 0.717) is 32.0 Å². The van der Waals surface area contributed by atoms with Crippen molar-refractivity contribution in [3.8, 4) is 0 Å². The molecule has 2 aliphatic rings. The van der Waals surface area contributed by atoms with E-state index < -0.39 is 0 Å². The lowest BCUT2D eigenvalue weighted by Gasteiger charge is -2.33. The molecule has 0 aliphatic carbocycles. The SMILES string of the molecule is CC(=O)N[C@H]1CCCN(C(=O)Nc2ccc(N3CCOCC3)nc2)C1. The van der Waals surface area contributed by atoms with Crippen molar-refractivity contribution in [2.24, 2.45) is 0 Å². The predicted molar refractivity (Wildman–Crippen MR) is 94.7 cm³/mol. The molecule has 3 amide bonds. The van der Waals surface area contributed by atoms with Crippen LogP contribution in [0.5, 0.6) is 0 Å². The first-order valence-corrected chi connectivity index (χ1v) is 8.73. The third kappa shape index (κ3) is 4.82. The van der Waals surface area contributed by atoms with Gasteiger partial charge in [0.2, 0.25) is 5.91 Å². The largest absolute Gasteiger partial charge is 0.378 e. The van der Waals surface area contributed by atoms with Crippen LogP contribution in [0.1, 0.15) is 19.8 Å². The quantitative estimate of drug-likeness (QED) is 0.853. The molecular formula is C17H25N5O3. The number of urea groups is 1. The Labute approximate surface area is 147 Å². The summed E-state index contributed by atoms with van der Waals surface area (Å²) in [6.07, 6.45) is 3.46. The van der Waals surface area contributed by atoms with Gasteiger partial charge in [0, 0.05) is 39.1 Å². The fourth-order valence-electron chi connectivity index (χ4n) is 3.21. The summed E-state index contributed by atoms with van der Waals surface area (Å²) in [5.41, 5.74) is 0.670. The molecule has 0 radical (unpaired) electrons. The normalized spacial score (nSPS) is 20.9. The molecule has 0 saturated carbocycles. The maximum atomic E-state index is 12.4. The zero-order valence-electron chi connectivity index (χ0n) is 14.5. The van der Waals surface area contributed by atoms with Gasteiger partial charge in [-0.05, 0) is 25.0 Å². The highest BCUT2D eigenvalue weighted by atomic mass is 16.5. The fourth-order valence-corrected chi connectivity index (χ4v) is 3.21. The molecule has 8 heteroatoms. The molecule has 0 aromatic carbocycles. The van der Waals surface area contributed by atoms with Crippen LogP contribution in [-0.4, -0.2) is 67.3 Å². The standard InChI is InChI=1S/C17H25N5O3/c1-13(23)19-15-3-2-6-22(12-15)17(24)20-14-4-5-16(18-11-14)21-7-9-25-10-8-21/h4-5,11,15H,2-3,6-10,12H2,1H3,(H,19,23)(H,20,24)/t15-/m0/s1. The fraction of sp³-hybridized carbons (Fsp3) is 0.588. The lowest BCUT2D eigenvalue weighted by Crippen LogP contribution is -2.50. The topological polar surface area (TPSA) is 86.8 Å². The minimum atomic E-state index is -0.157. The third-order valence-corrected chi connectivity index (χ3v) is 4.45. The first-order valence-electron chi connectivity index (χ1n) is 8.73. The molecule has 0 bridgehead atoms. The first kappa shape index (κ1) is 17.5.